The van der Waals surface area contributed by atoms with Crippen LogP contribution in [0.15, 0.2) is 39.6 Å². The van der Waals surface area contributed by atoms with Crippen molar-refractivity contribution in [2.75, 3.05) is 18.9 Å². The molecule has 29 heavy (non-hydrogen) atoms. The van der Waals surface area contributed by atoms with Gasteiger partial charge < -0.3 is 10.1 Å². The molecule has 1 unspecified atom stereocenters. The Labute approximate surface area is 177 Å². The number of fused-ring (bicyclic) bond motifs is 1. The highest BCUT2D eigenvalue weighted by Crippen LogP contribution is 2.24. The third-order valence-electron chi connectivity index (χ3n) is 5.08. The van der Waals surface area contributed by atoms with Gasteiger partial charge in [0, 0.05) is 13.2 Å². The number of rotatable bonds is 6. The number of benzene rings is 1. The molecular formula is C21H23N3O3S2. The van der Waals surface area contributed by atoms with Crippen LogP contribution < -0.4 is 10.9 Å². The molecule has 3 heterocycles. The number of hydrogen-bond acceptors (Lipinski definition) is 6. The van der Waals surface area contributed by atoms with E-state index >= 15 is 0 Å². The van der Waals surface area contributed by atoms with Crippen LogP contribution in [0.4, 0.5) is 0 Å². The Morgan fingerprint density at radius 1 is 1.34 bits per heavy atom. The number of amides is 1. The lowest BCUT2D eigenvalue weighted by atomic mass is 10.1. The van der Waals surface area contributed by atoms with Gasteiger partial charge in [0.05, 0.1) is 23.1 Å². The lowest BCUT2D eigenvalue weighted by Gasteiger charge is -2.14. The number of aryl methyl sites for hydroxylation is 2. The number of thioether (sulfide) groups is 1. The van der Waals surface area contributed by atoms with E-state index in [-0.39, 0.29) is 23.3 Å². The van der Waals surface area contributed by atoms with Crippen LogP contribution in [-0.2, 0) is 9.53 Å². The lowest BCUT2D eigenvalue weighted by molar-refractivity contribution is -0.119. The molecule has 1 atom stereocenters. The molecule has 1 aliphatic heterocycles. The standard InChI is InChI=1S/C21H23N3O3S2/c1-13-5-6-15(10-14(13)2)24-20(26)19-17(7-9-28-19)23-21(24)29-12-18(25)22-11-16-4-3-8-27-16/h5-7,9-10,16H,3-4,8,11-12H2,1-2H3,(H,22,25). The molecule has 1 fully saturated rings. The summed E-state index contributed by atoms with van der Waals surface area (Å²) in [4.78, 5) is 30.1. The summed E-state index contributed by atoms with van der Waals surface area (Å²) >= 11 is 2.67. The molecule has 0 saturated carbocycles. The highest BCUT2D eigenvalue weighted by molar-refractivity contribution is 7.99. The highest BCUT2D eigenvalue weighted by atomic mass is 32.2. The largest absolute Gasteiger partial charge is 0.376 e. The van der Waals surface area contributed by atoms with E-state index in [0.29, 0.717) is 21.9 Å². The van der Waals surface area contributed by atoms with E-state index in [1.165, 1.54) is 23.1 Å². The first-order valence-electron chi connectivity index (χ1n) is 9.62. The van der Waals surface area contributed by atoms with Crippen LogP contribution in [-0.4, -0.2) is 40.5 Å². The molecule has 0 radical (unpaired) electrons. The molecule has 1 aliphatic rings. The zero-order valence-corrected chi connectivity index (χ0v) is 18.1. The van der Waals surface area contributed by atoms with Gasteiger partial charge in [-0.15, -0.1) is 11.3 Å². The summed E-state index contributed by atoms with van der Waals surface area (Å²) in [5, 5.41) is 5.31. The van der Waals surface area contributed by atoms with Crippen LogP contribution in [0.1, 0.15) is 24.0 Å². The second kappa shape index (κ2) is 8.69. The van der Waals surface area contributed by atoms with E-state index in [9.17, 15) is 9.59 Å². The average Bonchev–Trinajstić information content (AvgIpc) is 3.39. The van der Waals surface area contributed by atoms with Crippen LogP contribution >= 0.6 is 23.1 Å². The minimum atomic E-state index is -0.101. The fourth-order valence-electron chi connectivity index (χ4n) is 3.30. The minimum absolute atomic E-state index is 0.0863. The minimum Gasteiger partial charge on any atom is -0.376 e. The van der Waals surface area contributed by atoms with Crippen molar-refractivity contribution in [3.63, 3.8) is 0 Å². The van der Waals surface area contributed by atoms with E-state index in [2.05, 4.69) is 10.3 Å². The second-order valence-electron chi connectivity index (χ2n) is 7.17. The van der Waals surface area contributed by atoms with Crippen molar-refractivity contribution in [2.24, 2.45) is 0 Å². The summed E-state index contributed by atoms with van der Waals surface area (Å²) in [7, 11) is 0. The number of carbonyl (C=O) groups is 1. The number of carbonyl (C=O) groups excluding carboxylic acids is 1. The molecule has 2 aromatic heterocycles. The summed E-state index contributed by atoms with van der Waals surface area (Å²) < 4.78 is 7.78. The Morgan fingerprint density at radius 3 is 2.97 bits per heavy atom. The van der Waals surface area contributed by atoms with Crippen LogP contribution in [0.5, 0.6) is 0 Å². The number of aromatic nitrogens is 2. The maximum atomic E-state index is 13.2. The number of hydrogen-bond donors (Lipinski definition) is 1. The van der Waals surface area contributed by atoms with Gasteiger partial charge in [-0.05, 0) is 61.4 Å². The molecule has 1 saturated heterocycles. The summed E-state index contributed by atoms with van der Waals surface area (Å²) in [6.07, 6.45) is 2.14. The third kappa shape index (κ3) is 4.39. The van der Waals surface area contributed by atoms with Crippen LogP contribution in [0, 0.1) is 13.8 Å². The molecule has 0 spiro atoms. The first kappa shape index (κ1) is 20.1. The maximum absolute atomic E-state index is 13.2. The Morgan fingerprint density at radius 2 is 2.21 bits per heavy atom. The second-order valence-corrected chi connectivity index (χ2v) is 9.02. The predicted molar refractivity (Wildman–Crippen MR) is 117 cm³/mol. The Kier molecular flexibility index (Phi) is 6.03. The van der Waals surface area contributed by atoms with Crippen molar-refractivity contribution in [1.82, 2.24) is 14.9 Å². The van der Waals surface area contributed by atoms with Gasteiger partial charge in [-0.25, -0.2) is 4.98 Å². The van der Waals surface area contributed by atoms with Crippen LogP contribution in [0.25, 0.3) is 15.9 Å². The fourth-order valence-corrected chi connectivity index (χ4v) is 4.90. The zero-order valence-electron chi connectivity index (χ0n) is 16.4. The van der Waals surface area contributed by atoms with E-state index in [0.717, 1.165) is 36.3 Å². The van der Waals surface area contributed by atoms with Crippen molar-refractivity contribution in [1.29, 1.82) is 0 Å². The highest BCUT2D eigenvalue weighted by Gasteiger charge is 2.18. The number of nitrogens with one attached hydrogen (secondary N) is 1. The van der Waals surface area contributed by atoms with E-state index in [1.807, 2.05) is 43.5 Å². The normalized spacial score (nSPS) is 16.4. The number of thiophene rings is 1. The summed E-state index contributed by atoms with van der Waals surface area (Å²) in [6.45, 7) is 5.35. The number of nitrogens with zero attached hydrogens (tertiary/aromatic N) is 2. The van der Waals surface area contributed by atoms with Gasteiger partial charge >= 0.3 is 0 Å². The molecule has 1 aromatic carbocycles. The molecular weight excluding hydrogens is 406 g/mol. The third-order valence-corrected chi connectivity index (χ3v) is 6.91. The van der Waals surface area contributed by atoms with Crippen molar-refractivity contribution >= 4 is 39.2 Å². The first-order chi connectivity index (χ1) is 14.0. The average molecular weight is 430 g/mol. The summed E-state index contributed by atoms with van der Waals surface area (Å²) in [5.41, 5.74) is 3.60. The smallest absolute Gasteiger partial charge is 0.276 e. The van der Waals surface area contributed by atoms with Crippen molar-refractivity contribution in [2.45, 2.75) is 37.9 Å². The van der Waals surface area contributed by atoms with Crippen LogP contribution in [0.3, 0.4) is 0 Å². The monoisotopic (exact) mass is 429 g/mol. The van der Waals surface area contributed by atoms with Crippen molar-refractivity contribution in [3.05, 3.63) is 51.1 Å². The maximum Gasteiger partial charge on any atom is 0.276 e. The van der Waals surface area contributed by atoms with Gasteiger partial charge in [0.1, 0.15) is 4.70 Å². The molecule has 4 rings (SSSR count). The lowest BCUT2D eigenvalue weighted by Crippen LogP contribution is -2.33. The van der Waals surface area contributed by atoms with Gasteiger partial charge in [0.2, 0.25) is 5.91 Å². The van der Waals surface area contributed by atoms with Crippen molar-refractivity contribution < 1.29 is 9.53 Å². The molecule has 6 nitrogen and oxygen atoms in total. The van der Waals surface area contributed by atoms with E-state index in [4.69, 9.17) is 4.74 Å². The summed E-state index contributed by atoms with van der Waals surface area (Å²) in [5.74, 6) is 0.108. The fraction of sp³-hybridized carbons (Fsp3) is 0.381. The first-order valence-corrected chi connectivity index (χ1v) is 11.5. The van der Waals surface area contributed by atoms with E-state index in [1.54, 1.807) is 4.57 Å². The van der Waals surface area contributed by atoms with Gasteiger partial charge in [-0.1, -0.05) is 17.8 Å². The zero-order chi connectivity index (χ0) is 20.4. The van der Waals surface area contributed by atoms with Gasteiger partial charge in [-0.2, -0.15) is 0 Å². The molecule has 3 aromatic rings. The SMILES string of the molecule is Cc1ccc(-n2c(SCC(=O)NCC3CCCO3)nc3ccsc3c2=O)cc1C. The predicted octanol–water partition coefficient (Wildman–Crippen LogP) is 3.45. The quantitative estimate of drug-likeness (QED) is 0.480. The number of ether oxygens (including phenoxy) is 1. The Balaban J connectivity index is 1.59. The molecule has 8 heteroatoms. The molecule has 1 N–H and O–H groups in total. The molecule has 1 amide bonds. The van der Waals surface area contributed by atoms with E-state index < -0.39 is 0 Å². The van der Waals surface area contributed by atoms with Crippen LogP contribution in [0.2, 0.25) is 0 Å². The Hall–Kier alpha value is -2.16. The van der Waals surface area contributed by atoms with Crippen molar-refractivity contribution in [3.8, 4) is 5.69 Å². The summed E-state index contributed by atoms with van der Waals surface area (Å²) in [6, 6.07) is 7.75. The molecule has 152 valence electrons. The van der Waals surface area contributed by atoms with Gasteiger partial charge in [0.25, 0.3) is 5.56 Å². The van der Waals surface area contributed by atoms with Gasteiger partial charge in [-0.3, -0.25) is 14.2 Å². The molecule has 0 bridgehead atoms. The topological polar surface area (TPSA) is 73.2 Å². The Bertz CT molecular complexity index is 1100. The molecule has 0 aliphatic carbocycles. The van der Waals surface area contributed by atoms with Gasteiger partial charge in [0.15, 0.2) is 5.16 Å².